The fourth-order valence-electron chi connectivity index (χ4n) is 2.13. The molecule has 7 heteroatoms. The summed E-state index contributed by atoms with van der Waals surface area (Å²) in [7, 11) is 0. The molecular formula is C20H23BrN4O2. The summed E-state index contributed by atoms with van der Waals surface area (Å²) in [4.78, 5) is 28.0. The molecule has 142 valence electrons. The van der Waals surface area contributed by atoms with Gasteiger partial charge in [-0.3, -0.25) is 9.59 Å². The number of hydrogen-bond donors (Lipinski definition) is 2. The molecule has 0 unspecified atom stereocenters. The second-order valence-corrected chi connectivity index (χ2v) is 8.93. The first-order valence-corrected chi connectivity index (χ1v) is 9.08. The minimum atomic E-state index is -0.333. The SMILES string of the molecule is CC(C)(C)c1[nH]c(=O)c(C#N)cc1Br.CC(C)(C)c1ccc(C#N)c(=O)[nH]1. The maximum atomic E-state index is 11.4. The van der Waals surface area contributed by atoms with Crippen LogP contribution in [-0.2, 0) is 10.8 Å². The average Bonchev–Trinajstić information content (AvgIpc) is 2.55. The van der Waals surface area contributed by atoms with Crippen molar-refractivity contribution in [3.05, 3.63) is 65.9 Å². The van der Waals surface area contributed by atoms with Gasteiger partial charge in [0.1, 0.15) is 23.3 Å². The van der Waals surface area contributed by atoms with E-state index in [1.54, 1.807) is 18.2 Å². The quantitative estimate of drug-likeness (QED) is 0.660. The molecule has 2 heterocycles. The van der Waals surface area contributed by atoms with Crippen LogP contribution in [0.1, 0.15) is 64.1 Å². The summed E-state index contributed by atoms with van der Waals surface area (Å²) in [6.45, 7) is 12.0. The molecule has 0 saturated carbocycles. The zero-order valence-corrected chi connectivity index (χ0v) is 17.9. The van der Waals surface area contributed by atoms with Gasteiger partial charge in [-0.1, -0.05) is 41.5 Å². The third-order valence-electron chi connectivity index (χ3n) is 3.70. The topological polar surface area (TPSA) is 113 Å². The summed E-state index contributed by atoms with van der Waals surface area (Å²) in [5.74, 6) is 0. The minimum absolute atomic E-state index is 0.0901. The fraction of sp³-hybridized carbons (Fsp3) is 0.400. The summed E-state index contributed by atoms with van der Waals surface area (Å²) in [5, 5.41) is 17.2. The van der Waals surface area contributed by atoms with Gasteiger partial charge in [-0.25, -0.2) is 0 Å². The van der Waals surface area contributed by atoms with Crippen LogP contribution in [-0.4, -0.2) is 9.97 Å². The highest BCUT2D eigenvalue weighted by atomic mass is 79.9. The maximum Gasteiger partial charge on any atom is 0.266 e. The van der Waals surface area contributed by atoms with Gasteiger partial charge >= 0.3 is 0 Å². The molecule has 0 amide bonds. The Bertz CT molecular complexity index is 1020. The van der Waals surface area contributed by atoms with Crippen LogP contribution in [0.15, 0.2) is 32.3 Å². The van der Waals surface area contributed by atoms with Crippen LogP contribution in [0.25, 0.3) is 0 Å². The zero-order valence-electron chi connectivity index (χ0n) is 16.3. The zero-order chi connectivity index (χ0) is 21.0. The van der Waals surface area contributed by atoms with Crippen molar-refractivity contribution < 1.29 is 0 Å². The van der Waals surface area contributed by atoms with E-state index >= 15 is 0 Å². The molecule has 0 aromatic carbocycles. The van der Waals surface area contributed by atoms with Crippen LogP contribution in [0.5, 0.6) is 0 Å². The molecule has 0 aliphatic carbocycles. The number of H-pyrrole nitrogens is 2. The first kappa shape index (κ1) is 22.4. The van der Waals surface area contributed by atoms with E-state index in [-0.39, 0.29) is 33.1 Å². The van der Waals surface area contributed by atoms with Crippen LogP contribution in [0.2, 0.25) is 0 Å². The van der Waals surface area contributed by atoms with E-state index in [1.165, 1.54) is 0 Å². The number of nitrogens with zero attached hydrogens (tertiary/aromatic N) is 2. The van der Waals surface area contributed by atoms with Crippen molar-refractivity contribution in [2.75, 3.05) is 0 Å². The van der Waals surface area contributed by atoms with Crippen molar-refractivity contribution in [1.82, 2.24) is 9.97 Å². The van der Waals surface area contributed by atoms with E-state index in [4.69, 9.17) is 10.5 Å². The van der Waals surface area contributed by atoms with Crippen LogP contribution < -0.4 is 11.1 Å². The van der Waals surface area contributed by atoms with Crippen molar-refractivity contribution in [3.8, 4) is 12.1 Å². The molecular weight excluding hydrogens is 408 g/mol. The molecule has 0 aliphatic heterocycles. The van der Waals surface area contributed by atoms with Gasteiger partial charge in [-0.05, 0) is 34.1 Å². The van der Waals surface area contributed by atoms with Gasteiger partial charge in [0.15, 0.2) is 0 Å². The van der Waals surface area contributed by atoms with Crippen LogP contribution in [0.3, 0.4) is 0 Å². The smallest absolute Gasteiger partial charge is 0.266 e. The molecule has 0 fully saturated rings. The van der Waals surface area contributed by atoms with Crippen molar-refractivity contribution in [2.45, 2.75) is 52.4 Å². The molecule has 2 rings (SSSR count). The lowest BCUT2D eigenvalue weighted by molar-refractivity contribution is 0.563. The molecule has 2 aromatic rings. The van der Waals surface area contributed by atoms with Crippen molar-refractivity contribution in [2.24, 2.45) is 0 Å². The summed E-state index contributed by atoms with van der Waals surface area (Å²) in [5.41, 5.74) is 1.06. The predicted octanol–water partition coefficient (Wildman–Crippen LogP) is 3.85. The number of nitriles is 2. The fourth-order valence-corrected chi connectivity index (χ4v) is 3.06. The number of aromatic amines is 2. The van der Waals surface area contributed by atoms with Crippen LogP contribution in [0, 0.1) is 22.7 Å². The molecule has 0 bridgehead atoms. The molecule has 0 spiro atoms. The minimum Gasteiger partial charge on any atom is -0.325 e. The van der Waals surface area contributed by atoms with Crippen molar-refractivity contribution in [3.63, 3.8) is 0 Å². The standard InChI is InChI=1S/C10H11BrN2O.C10H12N2O/c1-10(2,3)8-7(11)4-6(5-12)9(14)13-8;1-10(2,3)8-5-4-7(6-11)9(13)12-8/h4H,1-3H3,(H,13,14);4-5H,1-3H3,(H,12,13). The number of halogens is 1. The Kier molecular flexibility index (Phi) is 6.94. The normalized spacial score (nSPS) is 11.0. The molecule has 2 aromatic heterocycles. The molecule has 0 radical (unpaired) electrons. The highest BCUT2D eigenvalue weighted by molar-refractivity contribution is 9.10. The van der Waals surface area contributed by atoms with Gasteiger partial charge in [0.05, 0.1) is 0 Å². The highest BCUT2D eigenvalue weighted by Gasteiger charge is 2.19. The third kappa shape index (κ3) is 5.94. The Morgan fingerprint density at radius 1 is 0.852 bits per heavy atom. The number of hydrogen-bond acceptors (Lipinski definition) is 4. The second-order valence-electron chi connectivity index (χ2n) is 8.07. The highest BCUT2D eigenvalue weighted by Crippen LogP contribution is 2.26. The predicted molar refractivity (Wildman–Crippen MR) is 109 cm³/mol. The Hall–Kier alpha value is -2.64. The van der Waals surface area contributed by atoms with Crippen LogP contribution in [0.4, 0.5) is 0 Å². The largest absolute Gasteiger partial charge is 0.325 e. The van der Waals surface area contributed by atoms with Crippen molar-refractivity contribution in [1.29, 1.82) is 10.5 Å². The second kappa shape index (κ2) is 8.37. The van der Waals surface area contributed by atoms with Crippen molar-refractivity contribution >= 4 is 15.9 Å². The molecule has 6 nitrogen and oxygen atoms in total. The van der Waals surface area contributed by atoms with Gasteiger partial charge in [0.2, 0.25) is 0 Å². The number of aromatic nitrogens is 2. The lowest BCUT2D eigenvalue weighted by Gasteiger charge is -2.19. The molecule has 0 aliphatic rings. The Morgan fingerprint density at radius 3 is 1.78 bits per heavy atom. The van der Waals surface area contributed by atoms with E-state index in [2.05, 4.69) is 25.9 Å². The monoisotopic (exact) mass is 430 g/mol. The van der Waals surface area contributed by atoms with E-state index in [0.29, 0.717) is 0 Å². The van der Waals surface area contributed by atoms with E-state index in [9.17, 15) is 9.59 Å². The first-order valence-electron chi connectivity index (χ1n) is 8.28. The number of nitrogens with one attached hydrogen (secondary N) is 2. The van der Waals surface area contributed by atoms with E-state index < -0.39 is 0 Å². The van der Waals surface area contributed by atoms with Gasteiger partial charge in [0.25, 0.3) is 11.1 Å². The molecule has 0 atom stereocenters. The average molecular weight is 431 g/mol. The van der Waals surface area contributed by atoms with E-state index in [1.807, 2.05) is 53.7 Å². The maximum absolute atomic E-state index is 11.4. The Morgan fingerprint density at radius 2 is 1.37 bits per heavy atom. The van der Waals surface area contributed by atoms with Gasteiger partial charge in [-0.15, -0.1) is 0 Å². The third-order valence-corrected chi connectivity index (χ3v) is 4.33. The number of rotatable bonds is 0. The van der Waals surface area contributed by atoms with Crippen LogP contribution >= 0.6 is 15.9 Å². The van der Waals surface area contributed by atoms with Gasteiger partial charge in [-0.2, -0.15) is 10.5 Å². The molecule has 27 heavy (non-hydrogen) atoms. The van der Waals surface area contributed by atoms with Gasteiger partial charge in [0, 0.05) is 26.7 Å². The molecule has 2 N–H and O–H groups in total. The lowest BCUT2D eigenvalue weighted by Crippen LogP contribution is -2.21. The Labute approximate surface area is 167 Å². The Balaban J connectivity index is 0.000000271. The van der Waals surface area contributed by atoms with E-state index in [0.717, 1.165) is 15.9 Å². The molecule has 0 saturated heterocycles. The summed E-state index contributed by atoms with van der Waals surface area (Å²) < 4.78 is 0.765. The lowest BCUT2D eigenvalue weighted by atomic mass is 9.91. The summed E-state index contributed by atoms with van der Waals surface area (Å²) >= 11 is 3.34. The number of pyridine rings is 2. The summed E-state index contributed by atoms with van der Waals surface area (Å²) in [6.07, 6.45) is 0. The van der Waals surface area contributed by atoms with Gasteiger partial charge < -0.3 is 9.97 Å². The summed E-state index contributed by atoms with van der Waals surface area (Å²) in [6, 6.07) is 8.56. The first-order chi connectivity index (χ1) is 12.3.